The van der Waals surface area contributed by atoms with E-state index in [-0.39, 0.29) is 17.2 Å². The van der Waals surface area contributed by atoms with Crippen molar-refractivity contribution in [3.8, 4) is 0 Å². The van der Waals surface area contributed by atoms with E-state index in [4.69, 9.17) is 5.11 Å². The minimum absolute atomic E-state index is 0.0525. The first kappa shape index (κ1) is 15.0. The molecule has 0 spiro atoms. The molecule has 1 amide bonds. The van der Waals surface area contributed by atoms with Gasteiger partial charge >= 0.3 is 5.97 Å². The Balaban J connectivity index is 2.71. The standard InChI is InChI=1S/C14H25NO3/c1-5-15(9-10(2)13(17)18)12(16)11-7-6-8-14(11,3)4/h10-11H,5-9H2,1-4H3,(H,17,18). The van der Waals surface area contributed by atoms with E-state index in [0.29, 0.717) is 13.1 Å². The number of carboxylic acid groups (broad SMARTS) is 1. The van der Waals surface area contributed by atoms with Gasteiger partial charge in [-0.25, -0.2) is 0 Å². The second-order valence-corrected chi connectivity index (χ2v) is 6.05. The van der Waals surface area contributed by atoms with Gasteiger partial charge in [0.2, 0.25) is 5.91 Å². The molecule has 104 valence electrons. The second kappa shape index (κ2) is 5.72. The van der Waals surface area contributed by atoms with Gasteiger partial charge in [0.25, 0.3) is 0 Å². The molecule has 0 radical (unpaired) electrons. The van der Waals surface area contributed by atoms with Crippen molar-refractivity contribution in [2.24, 2.45) is 17.3 Å². The third-order valence-corrected chi connectivity index (χ3v) is 4.16. The summed E-state index contributed by atoms with van der Waals surface area (Å²) in [5.41, 5.74) is 0.0525. The van der Waals surface area contributed by atoms with Crippen LogP contribution in [0.4, 0.5) is 0 Å². The largest absolute Gasteiger partial charge is 0.481 e. The Morgan fingerprint density at radius 2 is 2.06 bits per heavy atom. The smallest absolute Gasteiger partial charge is 0.308 e. The number of aliphatic carboxylic acids is 1. The predicted molar refractivity (Wildman–Crippen MR) is 70.2 cm³/mol. The zero-order valence-corrected chi connectivity index (χ0v) is 11.9. The highest BCUT2D eigenvalue weighted by molar-refractivity contribution is 5.80. The Morgan fingerprint density at radius 3 is 2.44 bits per heavy atom. The summed E-state index contributed by atoms with van der Waals surface area (Å²) < 4.78 is 0. The first-order chi connectivity index (χ1) is 8.29. The lowest BCUT2D eigenvalue weighted by Crippen LogP contribution is -2.43. The van der Waals surface area contributed by atoms with E-state index >= 15 is 0 Å². The fourth-order valence-corrected chi connectivity index (χ4v) is 2.79. The topological polar surface area (TPSA) is 57.6 Å². The number of hydrogen-bond donors (Lipinski definition) is 1. The number of nitrogens with zero attached hydrogens (tertiary/aromatic N) is 1. The summed E-state index contributed by atoms with van der Waals surface area (Å²) >= 11 is 0. The molecule has 4 nitrogen and oxygen atoms in total. The first-order valence-electron chi connectivity index (χ1n) is 6.81. The number of rotatable bonds is 5. The maximum Gasteiger partial charge on any atom is 0.308 e. The van der Waals surface area contributed by atoms with Gasteiger partial charge in [0.15, 0.2) is 0 Å². The molecule has 1 rings (SSSR count). The average molecular weight is 255 g/mol. The lowest BCUT2D eigenvalue weighted by atomic mass is 9.81. The molecule has 1 aliphatic rings. The molecule has 0 aromatic heterocycles. The summed E-state index contributed by atoms with van der Waals surface area (Å²) in [5.74, 6) is -1.16. The van der Waals surface area contributed by atoms with Crippen LogP contribution in [0.15, 0.2) is 0 Å². The monoisotopic (exact) mass is 255 g/mol. The first-order valence-corrected chi connectivity index (χ1v) is 6.81. The van der Waals surface area contributed by atoms with E-state index in [0.717, 1.165) is 19.3 Å². The number of carboxylic acids is 1. The molecule has 4 heteroatoms. The maximum absolute atomic E-state index is 12.5. The molecule has 0 bridgehead atoms. The molecule has 1 saturated carbocycles. The normalized spacial score (nSPS) is 23.7. The van der Waals surface area contributed by atoms with Gasteiger partial charge in [-0.1, -0.05) is 27.2 Å². The minimum atomic E-state index is -0.841. The molecular formula is C14H25NO3. The van der Waals surface area contributed by atoms with Crippen LogP contribution in [0, 0.1) is 17.3 Å². The van der Waals surface area contributed by atoms with E-state index in [1.165, 1.54) is 0 Å². The van der Waals surface area contributed by atoms with Crippen LogP contribution in [0.1, 0.15) is 47.0 Å². The van der Waals surface area contributed by atoms with Crippen LogP contribution in [0.25, 0.3) is 0 Å². The molecule has 0 heterocycles. The molecule has 1 aliphatic carbocycles. The highest BCUT2D eigenvalue weighted by Gasteiger charge is 2.41. The zero-order chi connectivity index (χ0) is 13.9. The van der Waals surface area contributed by atoms with Gasteiger partial charge in [-0.05, 0) is 25.2 Å². The molecule has 2 unspecified atom stereocenters. The van der Waals surface area contributed by atoms with Crippen LogP contribution in [-0.2, 0) is 9.59 Å². The number of carbonyl (C=O) groups is 2. The Morgan fingerprint density at radius 1 is 1.44 bits per heavy atom. The third-order valence-electron chi connectivity index (χ3n) is 4.16. The SMILES string of the molecule is CCN(CC(C)C(=O)O)C(=O)C1CCCC1(C)C. The fraction of sp³-hybridized carbons (Fsp3) is 0.857. The lowest BCUT2D eigenvalue weighted by molar-refractivity contribution is -0.144. The van der Waals surface area contributed by atoms with E-state index in [9.17, 15) is 9.59 Å². The Kier molecular flexibility index (Phi) is 4.77. The summed E-state index contributed by atoms with van der Waals surface area (Å²) in [6.07, 6.45) is 3.11. The van der Waals surface area contributed by atoms with E-state index in [1.54, 1.807) is 11.8 Å². The summed E-state index contributed by atoms with van der Waals surface area (Å²) in [6, 6.07) is 0. The van der Waals surface area contributed by atoms with Crippen molar-refractivity contribution < 1.29 is 14.7 Å². The Labute approximate surface area is 109 Å². The van der Waals surface area contributed by atoms with Gasteiger partial charge in [0, 0.05) is 19.0 Å². The van der Waals surface area contributed by atoms with Gasteiger partial charge in [-0.3, -0.25) is 9.59 Å². The van der Waals surface area contributed by atoms with Crippen LogP contribution < -0.4 is 0 Å². The summed E-state index contributed by atoms with van der Waals surface area (Å²) in [7, 11) is 0. The van der Waals surface area contributed by atoms with Crippen molar-refractivity contribution in [1.82, 2.24) is 4.90 Å². The Bertz CT molecular complexity index is 325. The van der Waals surface area contributed by atoms with Crippen molar-refractivity contribution in [1.29, 1.82) is 0 Å². The third kappa shape index (κ3) is 3.24. The van der Waals surface area contributed by atoms with Crippen LogP contribution in [-0.4, -0.2) is 35.0 Å². The predicted octanol–water partition coefficient (Wildman–Crippen LogP) is 2.38. The highest BCUT2D eigenvalue weighted by Crippen LogP contribution is 2.43. The minimum Gasteiger partial charge on any atom is -0.481 e. The van der Waals surface area contributed by atoms with Gasteiger partial charge in [-0.15, -0.1) is 0 Å². The zero-order valence-electron chi connectivity index (χ0n) is 11.9. The molecule has 0 aromatic rings. The van der Waals surface area contributed by atoms with Crippen LogP contribution in [0.3, 0.4) is 0 Å². The van der Waals surface area contributed by atoms with Crippen LogP contribution in [0.5, 0.6) is 0 Å². The highest BCUT2D eigenvalue weighted by atomic mass is 16.4. The summed E-state index contributed by atoms with van der Waals surface area (Å²) in [6.45, 7) is 8.74. The van der Waals surface area contributed by atoms with Crippen molar-refractivity contribution in [3.05, 3.63) is 0 Å². The second-order valence-electron chi connectivity index (χ2n) is 6.05. The molecule has 2 atom stereocenters. The number of carbonyl (C=O) groups excluding carboxylic acids is 1. The van der Waals surface area contributed by atoms with Crippen molar-refractivity contribution >= 4 is 11.9 Å². The van der Waals surface area contributed by atoms with Gasteiger partial charge in [-0.2, -0.15) is 0 Å². The summed E-state index contributed by atoms with van der Waals surface area (Å²) in [5, 5.41) is 8.94. The molecule has 0 saturated heterocycles. The molecule has 18 heavy (non-hydrogen) atoms. The van der Waals surface area contributed by atoms with Crippen molar-refractivity contribution in [2.45, 2.75) is 47.0 Å². The Hall–Kier alpha value is -1.06. The van der Waals surface area contributed by atoms with Gasteiger partial charge < -0.3 is 10.0 Å². The molecule has 1 fully saturated rings. The van der Waals surface area contributed by atoms with E-state index in [2.05, 4.69) is 13.8 Å². The van der Waals surface area contributed by atoms with E-state index < -0.39 is 11.9 Å². The fourth-order valence-electron chi connectivity index (χ4n) is 2.79. The van der Waals surface area contributed by atoms with Crippen molar-refractivity contribution in [2.75, 3.05) is 13.1 Å². The molecule has 0 aliphatic heterocycles. The molecular weight excluding hydrogens is 230 g/mol. The van der Waals surface area contributed by atoms with E-state index in [1.807, 2.05) is 6.92 Å². The molecule has 0 aromatic carbocycles. The summed E-state index contributed by atoms with van der Waals surface area (Å²) in [4.78, 5) is 25.1. The number of hydrogen-bond acceptors (Lipinski definition) is 2. The van der Waals surface area contributed by atoms with Gasteiger partial charge in [0.05, 0.1) is 5.92 Å². The van der Waals surface area contributed by atoms with Crippen LogP contribution in [0.2, 0.25) is 0 Å². The van der Waals surface area contributed by atoms with Crippen LogP contribution >= 0.6 is 0 Å². The maximum atomic E-state index is 12.5. The number of amides is 1. The lowest BCUT2D eigenvalue weighted by Gasteiger charge is -2.32. The van der Waals surface area contributed by atoms with Gasteiger partial charge in [0.1, 0.15) is 0 Å². The average Bonchev–Trinajstić information content (AvgIpc) is 2.64. The quantitative estimate of drug-likeness (QED) is 0.820. The molecule has 1 N–H and O–H groups in total. The van der Waals surface area contributed by atoms with Crippen molar-refractivity contribution in [3.63, 3.8) is 0 Å².